The van der Waals surface area contributed by atoms with E-state index in [1.807, 2.05) is 62.2 Å². The first kappa shape index (κ1) is 23.0. The number of likely N-dealkylation sites (tertiary alicyclic amines) is 1. The number of piperidine rings is 1. The molecule has 3 heterocycles. The zero-order valence-electron chi connectivity index (χ0n) is 21.0. The van der Waals surface area contributed by atoms with Gasteiger partial charge in [-0.3, -0.25) is 9.59 Å². The predicted molar refractivity (Wildman–Crippen MR) is 143 cm³/mol. The zero-order valence-corrected chi connectivity index (χ0v) is 21.9. The van der Waals surface area contributed by atoms with Gasteiger partial charge in [0.05, 0.1) is 21.5 Å². The molecule has 1 aliphatic carbocycles. The number of carbonyl (C=O) groups excluding carboxylic acids is 2. The molecule has 184 valence electrons. The predicted octanol–water partition coefficient (Wildman–Crippen LogP) is 5.12. The highest BCUT2D eigenvalue weighted by Crippen LogP contribution is 2.50. The second-order valence-electron chi connectivity index (χ2n) is 10.2. The van der Waals surface area contributed by atoms with E-state index >= 15 is 0 Å². The van der Waals surface area contributed by atoms with Gasteiger partial charge in [-0.2, -0.15) is 0 Å². The van der Waals surface area contributed by atoms with Crippen LogP contribution in [0.4, 0.5) is 0 Å². The standard InChI is InChI=1S/C29H30N4O2S/c1-16-8-7-9-19(12-16)27-26(31-18(3)36-27)29(35)33-15-20-13-22(20)24(33)14-30-28(34)25-17(2)32(4)23-11-6-5-10-21(23)25/h5-12,20,22,24H,13-15H2,1-4H3,(H,30,34)/t20-,22-,24-/m1/s1. The highest BCUT2D eigenvalue weighted by molar-refractivity contribution is 7.15. The van der Waals surface area contributed by atoms with Crippen molar-refractivity contribution in [2.24, 2.45) is 18.9 Å². The van der Waals surface area contributed by atoms with Crippen molar-refractivity contribution in [2.75, 3.05) is 13.1 Å². The summed E-state index contributed by atoms with van der Waals surface area (Å²) in [6.45, 7) is 7.18. The molecule has 2 aliphatic rings. The zero-order chi connectivity index (χ0) is 25.1. The molecule has 1 aliphatic heterocycles. The Morgan fingerprint density at radius 2 is 1.92 bits per heavy atom. The minimum atomic E-state index is -0.0780. The normalized spacial score (nSPS) is 20.6. The summed E-state index contributed by atoms with van der Waals surface area (Å²) in [6.07, 6.45) is 1.12. The molecule has 0 unspecified atom stereocenters. The molecule has 2 fully saturated rings. The van der Waals surface area contributed by atoms with Crippen LogP contribution in [0.5, 0.6) is 0 Å². The lowest BCUT2D eigenvalue weighted by Gasteiger charge is -2.27. The largest absolute Gasteiger partial charge is 0.350 e. The number of aryl methyl sites for hydroxylation is 3. The monoisotopic (exact) mass is 498 g/mol. The van der Waals surface area contributed by atoms with Gasteiger partial charge in [0.25, 0.3) is 11.8 Å². The van der Waals surface area contributed by atoms with Crippen LogP contribution in [-0.4, -0.2) is 45.4 Å². The van der Waals surface area contributed by atoms with Crippen LogP contribution in [0, 0.1) is 32.6 Å². The maximum atomic E-state index is 13.8. The molecular formula is C29H30N4O2S. The first-order valence-electron chi connectivity index (χ1n) is 12.5. The number of benzene rings is 2. The summed E-state index contributed by atoms with van der Waals surface area (Å²) in [6, 6.07) is 16.2. The Morgan fingerprint density at radius 1 is 1.11 bits per heavy atom. The maximum absolute atomic E-state index is 13.8. The van der Waals surface area contributed by atoms with E-state index in [0.29, 0.717) is 29.6 Å². The van der Waals surface area contributed by atoms with Gasteiger partial charge in [0.15, 0.2) is 0 Å². The second kappa shape index (κ2) is 8.59. The molecule has 0 bridgehead atoms. The van der Waals surface area contributed by atoms with Gasteiger partial charge < -0.3 is 14.8 Å². The van der Waals surface area contributed by atoms with Crippen LogP contribution < -0.4 is 5.32 Å². The van der Waals surface area contributed by atoms with Crippen LogP contribution in [0.3, 0.4) is 0 Å². The van der Waals surface area contributed by atoms with E-state index in [9.17, 15) is 9.59 Å². The van der Waals surface area contributed by atoms with E-state index in [4.69, 9.17) is 0 Å². The van der Waals surface area contributed by atoms with E-state index in [-0.39, 0.29) is 17.9 Å². The highest BCUT2D eigenvalue weighted by atomic mass is 32.1. The fourth-order valence-corrected chi connectivity index (χ4v) is 6.76. The molecule has 2 aromatic heterocycles. The number of amides is 2. The van der Waals surface area contributed by atoms with Crippen LogP contribution >= 0.6 is 11.3 Å². The molecule has 1 saturated heterocycles. The van der Waals surface area contributed by atoms with E-state index < -0.39 is 0 Å². The quantitative estimate of drug-likeness (QED) is 0.415. The lowest BCUT2D eigenvalue weighted by Crippen LogP contribution is -2.45. The Kier molecular flexibility index (Phi) is 5.48. The van der Waals surface area contributed by atoms with Gasteiger partial charge in [0.1, 0.15) is 5.69 Å². The summed E-state index contributed by atoms with van der Waals surface area (Å²) in [5.41, 5.74) is 5.42. The van der Waals surface area contributed by atoms with E-state index in [2.05, 4.69) is 33.9 Å². The lowest BCUT2D eigenvalue weighted by molar-refractivity contribution is 0.0690. The van der Waals surface area contributed by atoms with Crippen LogP contribution in [0.15, 0.2) is 48.5 Å². The van der Waals surface area contributed by atoms with Crippen molar-refractivity contribution in [1.29, 1.82) is 0 Å². The number of nitrogens with zero attached hydrogens (tertiary/aromatic N) is 3. The van der Waals surface area contributed by atoms with Crippen molar-refractivity contribution in [3.63, 3.8) is 0 Å². The number of aromatic nitrogens is 2. The molecule has 3 atom stereocenters. The van der Waals surface area contributed by atoms with Crippen molar-refractivity contribution in [3.05, 3.63) is 76.1 Å². The maximum Gasteiger partial charge on any atom is 0.274 e. The number of carbonyl (C=O) groups is 2. The van der Waals surface area contributed by atoms with Crippen LogP contribution in [0.2, 0.25) is 0 Å². The first-order chi connectivity index (χ1) is 17.3. The number of para-hydroxylation sites is 1. The smallest absolute Gasteiger partial charge is 0.274 e. The fraction of sp³-hybridized carbons (Fsp3) is 0.345. The number of hydrogen-bond acceptors (Lipinski definition) is 4. The van der Waals surface area contributed by atoms with Crippen LogP contribution in [-0.2, 0) is 7.05 Å². The summed E-state index contributed by atoms with van der Waals surface area (Å²) in [5, 5.41) is 5.02. The Hall–Kier alpha value is -3.45. The van der Waals surface area contributed by atoms with Crippen molar-refractivity contribution >= 4 is 34.1 Å². The van der Waals surface area contributed by atoms with Gasteiger partial charge in [-0.05, 0) is 50.7 Å². The lowest BCUT2D eigenvalue weighted by atomic mass is 10.1. The Labute approximate surface area is 215 Å². The molecule has 1 N–H and O–H groups in total. The molecule has 6 nitrogen and oxygen atoms in total. The van der Waals surface area contributed by atoms with Gasteiger partial charge >= 0.3 is 0 Å². The van der Waals surface area contributed by atoms with Crippen LogP contribution in [0.1, 0.15) is 43.5 Å². The van der Waals surface area contributed by atoms with Gasteiger partial charge in [0, 0.05) is 36.7 Å². The molecule has 1 saturated carbocycles. The number of fused-ring (bicyclic) bond motifs is 2. The van der Waals surface area contributed by atoms with Gasteiger partial charge in [-0.25, -0.2) is 4.98 Å². The Bertz CT molecular complexity index is 1520. The molecule has 2 amide bonds. The third-order valence-electron chi connectivity index (χ3n) is 7.88. The van der Waals surface area contributed by atoms with Crippen molar-refractivity contribution in [3.8, 4) is 10.4 Å². The Balaban J connectivity index is 1.25. The average Bonchev–Trinajstić information content (AvgIpc) is 3.26. The van der Waals surface area contributed by atoms with E-state index in [1.54, 1.807) is 11.3 Å². The van der Waals surface area contributed by atoms with Gasteiger partial charge in [0.2, 0.25) is 0 Å². The van der Waals surface area contributed by atoms with Gasteiger partial charge in [-0.1, -0.05) is 48.0 Å². The number of hydrogen-bond donors (Lipinski definition) is 1. The summed E-state index contributed by atoms with van der Waals surface area (Å²) in [7, 11) is 1.99. The molecule has 0 radical (unpaired) electrons. The van der Waals surface area contributed by atoms with Crippen LogP contribution in [0.25, 0.3) is 21.3 Å². The van der Waals surface area contributed by atoms with E-state index in [0.717, 1.165) is 50.6 Å². The molecule has 0 spiro atoms. The summed E-state index contributed by atoms with van der Waals surface area (Å²) in [4.78, 5) is 34.7. The number of thiazole rings is 1. The SMILES string of the molecule is Cc1cccc(-c2sc(C)nc2C(=O)N2C[C@H]3C[C@H]3[C@H]2CNC(=O)c2c(C)n(C)c3ccccc23)c1. The van der Waals surface area contributed by atoms with Crippen molar-refractivity contribution in [1.82, 2.24) is 19.8 Å². The molecular weight excluding hydrogens is 468 g/mol. The number of rotatable bonds is 5. The van der Waals surface area contributed by atoms with Crippen molar-refractivity contribution < 1.29 is 9.59 Å². The third-order valence-corrected chi connectivity index (χ3v) is 8.90. The van der Waals surface area contributed by atoms with Crippen molar-refractivity contribution in [2.45, 2.75) is 33.2 Å². The minimum Gasteiger partial charge on any atom is -0.350 e. The summed E-state index contributed by atoms with van der Waals surface area (Å²) < 4.78 is 2.06. The molecule has 7 heteroatoms. The molecule has 2 aromatic carbocycles. The Morgan fingerprint density at radius 3 is 2.72 bits per heavy atom. The first-order valence-corrected chi connectivity index (χ1v) is 13.3. The molecule has 4 aromatic rings. The summed E-state index contributed by atoms with van der Waals surface area (Å²) >= 11 is 1.57. The van der Waals surface area contributed by atoms with Gasteiger partial charge in [-0.15, -0.1) is 11.3 Å². The minimum absolute atomic E-state index is 0.00546. The topological polar surface area (TPSA) is 67.2 Å². The second-order valence-corrected chi connectivity index (χ2v) is 11.4. The third kappa shape index (κ3) is 3.73. The van der Waals surface area contributed by atoms with E-state index in [1.165, 1.54) is 0 Å². The average molecular weight is 499 g/mol. The molecule has 36 heavy (non-hydrogen) atoms. The highest BCUT2D eigenvalue weighted by Gasteiger charge is 2.54. The summed E-state index contributed by atoms with van der Waals surface area (Å²) in [5.74, 6) is 0.872. The fourth-order valence-electron chi connectivity index (χ4n) is 5.85. The molecule has 6 rings (SSSR count). The number of nitrogens with one attached hydrogen (secondary N) is 1.